The van der Waals surface area contributed by atoms with Crippen molar-refractivity contribution in [1.29, 1.82) is 0 Å². The maximum Gasteiger partial charge on any atom is 0.363 e. The molecule has 0 unspecified atom stereocenters. The molecule has 0 aromatic heterocycles. The van der Waals surface area contributed by atoms with Gasteiger partial charge in [-0.15, -0.1) is 0 Å². The average molecular weight is 425 g/mol. The van der Waals surface area contributed by atoms with E-state index in [1.807, 2.05) is 13.8 Å². The highest BCUT2D eigenvalue weighted by Gasteiger charge is 2.26. The van der Waals surface area contributed by atoms with Gasteiger partial charge in [-0.1, -0.05) is 0 Å². The van der Waals surface area contributed by atoms with Crippen LogP contribution in [-0.4, -0.2) is 45.4 Å². The molecule has 2 aliphatic rings. The summed E-state index contributed by atoms with van der Waals surface area (Å²) in [4.78, 5) is 16.8. The van der Waals surface area contributed by atoms with Crippen LogP contribution >= 0.6 is 0 Å². The Balaban J connectivity index is 1.66. The minimum Gasteiger partial charge on any atom is -0.493 e. The van der Waals surface area contributed by atoms with Gasteiger partial charge >= 0.3 is 5.97 Å². The van der Waals surface area contributed by atoms with Crippen LogP contribution < -0.4 is 23.7 Å². The number of ether oxygens (including phenoxy) is 6. The molecule has 0 bridgehead atoms. The lowest BCUT2D eigenvalue weighted by Crippen LogP contribution is -2.16. The second kappa shape index (κ2) is 8.99. The van der Waals surface area contributed by atoms with Gasteiger partial charge in [-0.25, -0.2) is 9.79 Å². The zero-order chi connectivity index (χ0) is 21.8. The Morgan fingerprint density at radius 1 is 1.00 bits per heavy atom. The second-order valence-corrected chi connectivity index (χ2v) is 6.61. The summed E-state index contributed by atoms with van der Waals surface area (Å²) in [6.45, 7) is 5.68. The molecular formula is C23H23NO7. The summed E-state index contributed by atoms with van der Waals surface area (Å²) in [5, 5.41) is 0. The third-order valence-electron chi connectivity index (χ3n) is 4.56. The minimum absolute atomic E-state index is 0.167. The summed E-state index contributed by atoms with van der Waals surface area (Å²) in [5.41, 5.74) is 1.46. The van der Waals surface area contributed by atoms with E-state index in [4.69, 9.17) is 28.4 Å². The van der Waals surface area contributed by atoms with E-state index in [0.29, 0.717) is 66.3 Å². The van der Waals surface area contributed by atoms with Crippen molar-refractivity contribution in [3.05, 3.63) is 47.2 Å². The van der Waals surface area contributed by atoms with Crippen LogP contribution in [0.2, 0.25) is 0 Å². The molecule has 0 radical (unpaired) electrons. The Morgan fingerprint density at radius 3 is 2.55 bits per heavy atom. The molecule has 0 saturated heterocycles. The highest BCUT2D eigenvalue weighted by molar-refractivity contribution is 6.13. The summed E-state index contributed by atoms with van der Waals surface area (Å²) in [5.74, 6) is 2.47. The maximum atomic E-state index is 12.4. The van der Waals surface area contributed by atoms with Gasteiger partial charge in [0.2, 0.25) is 11.6 Å². The number of benzene rings is 2. The number of aliphatic imine (C=N–C) groups is 1. The van der Waals surface area contributed by atoms with Crippen LogP contribution in [-0.2, 0) is 9.53 Å². The number of methoxy groups -OCH3 is 1. The average Bonchev–Trinajstić information content (AvgIpc) is 3.14. The fourth-order valence-corrected chi connectivity index (χ4v) is 3.25. The molecule has 2 aliphatic heterocycles. The summed E-state index contributed by atoms with van der Waals surface area (Å²) >= 11 is 0. The van der Waals surface area contributed by atoms with Crippen LogP contribution in [0.1, 0.15) is 25.0 Å². The molecule has 2 heterocycles. The molecule has 2 aromatic carbocycles. The first kappa shape index (κ1) is 20.6. The molecule has 0 fully saturated rings. The van der Waals surface area contributed by atoms with Crippen LogP contribution in [0.25, 0.3) is 6.08 Å². The third kappa shape index (κ3) is 4.28. The molecule has 4 rings (SSSR count). The van der Waals surface area contributed by atoms with Crippen LogP contribution in [0.15, 0.2) is 41.0 Å². The lowest BCUT2D eigenvalue weighted by molar-refractivity contribution is -0.129. The van der Waals surface area contributed by atoms with Crippen molar-refractivity contribution < 1.29 is 33.2 Å². The van der Waals surface area contributed by atoms with Gasteiger partial charge < -0.3 is 28.4 Å². The second-order valence-electron chi connectivity index (χ2n) is 6.61. The molecular weight excluding hydrogens is 402 g/mol. The van der Waals surface area contributed by atoms with Crippen molar-refractivity contribution in [1.82, 2.24) is 0 Å². The van der Waals surface area contributed by atoms with Crippen molar-refractivity contribution in [2.75, 3.05) is 33.5 Å². The first-order chi connectivity index (χ1) is 15.1. The number of fused-ring (bicyclic) bond motifs is 1. The molecule has 0 aliphatic carbocycles. The fraction of sp³-hybridized carbons (Fsp3) is 0.304. The highest BCUT2D eigenvalue weighted by atomic mass is 16.6. The lowest BCUT2D eigenvalue weighted by Gasteiger charge is -2.20. The number of rotatable bonds is 7. The van der Waals surface area contributed by atoms with E-state index in [9.17, 15) is 4.79 Å². The van der Waals surface area contributed by atoms with E-state index in [-0.39, 0.29) is 11.6 Å². The SMILES string of the molecule is CCOc1ccc(C2=NC(=Cc3cc(OC)c4c(c3)OCCO4)C(=O)O2)cc1OCC. The zero-order valence-corrected chi connectivity index (χ0v) is 17.6. The van der Waals surface area contributed by atoms with Gasteiger partial charge in [0, 0.05) is 5.56 Å². The summed E-state index contributed by atoms with van der Waals surface area (Å²) in [7, 11) is 1.55. The number of carbonyl (C=O) groups excluding carboxylic acids is 1. The Kier molecular flexibility index (Phi) is 5.97. The third-order valence-corrected chi connectivity index (χ3v) is 4.56. The first-order valence-electron chi connectivity index (χ1n) is 10.0. The van der Waals surface area contributed by atoms with E-state index >= 15 is 0 Å². The molecule has 0 saturated carbocycles. The van der Waals surface area contributed by atoms with Gasteiger partial charge in [0.05, 0.1) is 20.3 Å². The zero-order valence-electron chi connectivity index (χ0n) is 17.6. The molecule has 162 valence electrons. The summed E-state index contributed by atoms with van der Waals surface area (Å²) < 4.78 is 33.3. The smallest absolute Gasteiger partial charge is 0.363 e. The molecule has 8 heteroatoms. The predicted molar refractivity (Wildman–Crippen MR) is 113 cm³/mol. The normalized spacial score (nSPS) is 16.0. The predicted octanol–water partition coefficient (Wildman–Crippen LogP) is 3.61. The van der Waals surface area contributed by atoms with E-state index < -0.39 is 5.97 Å². The molecule has 0 spiro atoms. The van der Waals surface area contributed by atoms with Gasteiger partial charge in [0.15, 0.2) is 28.7 Å². The Morgan fingerprint density at radius 2 is 1.77 bits per heavy atom. The van der Waals surface area contributed by atoms with Crippen LogP contribution in [0.3, 0.4) is 0 Å². The molecule has 31 heavy (non-hydrogen) atoms. The van der Waals surface area contributed by atoms with Gasteiger partial charge in [0.1, 0.15) is 13.2 Å². The molecule has 0 N–H and O–H groups in total. The largest absolute Gasteiger partial charge is 0.493 e. The van der Waals surface area contributed by atoms with Crippen molar-refractivity contribution in [3.63, 3.8) is 0 Å². The number of carbonyl (C=O) groups is 1. The molecule has 2 aromatic rings. The quantitative estimate of drug-likeness (QED) is 0.495. The Hall–Kier alpha value is -3.68. The van der Waals surface area contributed by atoms with Crippen molar-refractivity contribution in [2.45, 2.75) is 13.8 Å². The maximum absolute atomic E-state index is 12.4. The molecule has 8 nitrogen and oxygen atoms in total. The van der Waals surface area contributed by atoms with Gasteiger partial charge in [-0.05, 0) is 55.8 Å². The summed E-state index contributed by atoms with van der Waals surface area (Å²) in [6, 6.07) is 8.82. The lowest BCUT2D eigenvalue weighted by atomic mass is 10.1. The van der Waals surface area contributed by atoms with E-state index in [1.165, 1.54) is 0 Å². The van der Waals surface area contributed by atoms with Crippen LogP contribution in [0.4, 0.5) is 0 Å². The number of cyclic esters (lactones) is 1. The number of hydrogen-bond acceptors (Lipinski definition) is 8. The van der Waals surface area contributed by atoms with E-state index in [2.05, 4.69) is 4.99 Å². The number of esters is 1. The van der Waals surface area contributed by atoms with Gasteiger partial charge in [-0.3, -0.25) is 0 Å². The van der Waals surface area contributed by atoms with E-state index in [1.54, 1.807) is 43.5 Å². The highest BCUT2D eigenvalue weighted by Crippen LogP contribution is 2.41. The van der Waals surface area contributed by atoms with Crippen molar-refractivity contribution in [2.24, 2.45) is 4.99 Å². The van der Waals surface area contributed by atoms with Crippen LogP contribution in [0, 0.1) is 0 Å². The van der Waals surface area contributed by atoms with Gasteiger partial charge in [-0.2, -0.15) is 0 Å². The molecule has 0 amide bonds. The minimum atomic E-state index is -0.546. The number of hydrogen-bond donors (Lipinski definition) is 0. The first-order valence-corrected chi connectivity index (χ1v) is 10.0. The fourth-order valence-electron chi connectivity index (χ4n) is 3.25. The molecule has 0 atom stereocenters. The van der Waals surface area contributed by atoms with E-state index in [0.717, 1.165) is 0 Å². The summed E-state index contributed by atoms with van der Waals surface area (Å²) in [6.07, 6.45) is 1.62. The Labute approximate surface area is 180 Å². The standard InChI is InChI=1S/C23H23NO7/c1-4-27-17-7-6-15(13-18(17)28-5-2)22-24-16(23(25)31-22)10-14-11-19(26-3)21-20(12-14)29-8-9-30-21/h6-7,10-13H,4-5,8-9H2,1-3H3. The van der Waals surface area contributed by atoms with Crippen molar-refractivity contribution in [3.8, 4) is 28.7 Å². The monoisotopic (exact) mass is 425 g/mol. The van der Waals surface area contributed by atoms with Gasteiger partial charge in [0.25, 0.3) is 0 Å². The number of nitrogens with zero attached hydrogens (tertiary/aromatic N) is 1. The van der Waals surface area contributed by atoms with Crippen LogP contribution in [0.5, 0.6) is 28.7 Å². The van der Waals surface area contributed by atoms with Crippen molar-refractivity contribution >= 4 is 17.9 Å². The Bertz CT molecular complexity index is 1040. The topological polar surface area (TPSA) is 84.8 Å².